The molecule has 290 valence electrons. The number of hydrogen-bond donors (Lipinski definition) is 4. The second-order valence-corrected chi connectivity index (χ2v) is 10.7. The summed E-state index contributed by atoms with van der Waals surface area (Å²) in [6, 6.07) is 18.5. The van der Waals surface area contributed by atoms with Crippen molar-refractivity contribution in [3.05, 3.63) is 153 Å². The van der Waals surface area contributed by atoms with Crippen LogP contribution < -0.4 is 16.0 Å². The molecular formula is C46H73ClN4S. The summed E-state index contributed by atoms with van der Waals surface area (Å²) < 4.78 is 0. The molecule has 2 aromatic carbocycles. The van der Waals surface area contributed by atoms with Crippen LogP contribution in [-0.2, 0) is 6.42 Å². The first-order chi connectivity index (χ1) is 25.1. The minimum Gasteiger partial charge on any atom is -0.391 e. The number of rotatable bonds is 15. The summed E-state index contributed by atoms with van der Waals surface area (Å²) in [6.45, 7) is 44.4. The minimum atomic E-state index is -0.139. The first-order valence-corrected chi connectivity index (χ1v) is 18.7. The van der Waals surface area contributed by atoms with Crippen LogP contribution in [0.15, 0.2) is 136 Å². The molecule has 0 aliphatic heterocycles. The highest BCUT2D eigenvalue weighted by Gasteiger charge is 2.16. The molecular weight excluding hydrogens is 676 g/mol. The predicted octanol–water partition coefficient (Wildman–Crippen LogP) is 12.8. The first-order valence-electron chi connectivity index (χ1n) is 17.5. The number of nitrogens with zero attached hydrogens (tertiary/aromatic N) is 1. The Morgan fingerprint density at radius 1 is 0.981 bits per heavy atom. The van der Waals surface area contributed by atoms with E-state index >= 15 is 0 Å². The van der Waals surface area contributed by atoms with Gasteiger partial charge in [-0.25, -0.2) is 0 Å². The number of para-hydroxylation sites is 1. The summed E-state index contributed by atoms with van der Waals surface area (Å²) in [5.74, 6) is 1.49. The Kier molecular flexibility index (Phi) is 53.7. The zero-order valence-electron chi connectivity index (χ0n) is 34.3. The van der Waals surface area contributed by atoms with Gasteiger partial charge in [-0.2, -0.15) is 17.9 Å². The Hall–Kier alpha value is -4.29. The van der Waals surface area contributed by atoms with Gasteiger partial charge >= 0.3 is 0 Å². The number of alkyl halides is 1. The fourth-order valence-electron chi connectivity index (χ4n) is 3.84. The topological polar surface area (TPSA) is 59.9 Å². The monoisotopic (exact) mass is 749 g/mol. The number of terminal acetylenes is 1. The predicted molar refractivity (Wildman–Crippen MR) is 246 cm³/mol. The normalized spacial score (nSPS) is 10.0. The molecule has 0 saturated heterocycles. The van der Waals surface area contributed by atoms with Gasteiger partial charge in [0.1, 0.15) is 0 Å². The van der Waals surface area contributed by atoms with Gasteiger partial charge in [-0.1, -0.05) is 120 Å². The number of hydrogen-bond acceptors (Lipinski definition) is 5. The van der Waals surface area contributed by atoms with E-state index in [2.05, 4.69) is 151 Å². The van der Waals surface area contributed by atoms with Gasteiger partial charge in [0.2, 0.25) is 0 Å². The Bertz CT molecular complexity index is 1270. The van der Waals surface area contributed by atoms with Crippen molar-refractivity contribution < 1.29 is 0 Å². The molecule has 0 aliphatic carbocycles. The molecule has 3 N–H and O–H groups in total. The number of nitrogens with one attached hydrogen (secondary N) is 3. The third-order valence-electron chi connectivity index (χ3n) is 6.65. The van der Waals surface area contributed by atoms with E-state index in [4.69, 9.17) is 16.9 Å². The summed E-state index contributed by atoms with van der Waals surface area (Å²) in [7, 11) is 1.93. The van der Waals surface area contributed by atoms with Crippen molar-refractivity contribution in [1.82, 2.24) is 10.6 Å². The molecule has 2 aromatic rings. The fourth-order valence-corrected chi connectivity index (χ4v) is 4.45. The summed E-state index contributed by atoms with van der Waals surface area (Å²) >= 11 is 10.1. The van der Waals surface area contributed by atoms with Crippen molar-refractivity contribution in [2.24, 2.45) is 5.92 Å². The number of benzene rings is 2. The largest absolute Gasteiger partial charge is 0.391 e. The summed E-state index contributed by atoms with van der Waals surface area (Å²) in [6.07, 6.45) is 14.4. The molecule has 2 unspecified atom stereocenters. The van der Waals surface area contributed by atoms with Gasteiger partial charge in [-0.15, -0.1) is 57.3 Å². The summed E-state index contributed by atoms with van der Waals surface area (Å²) in [5, 5.41) is 18.6. The SMILES string of the molecule is C#C.C=C.C=C.C=C(NC(Cc1cccc(C)c1)C(=C)C#N)C(C)CCl.C=CC/C(C)=C(/CS)CCNC=C.CC.CC.CNc1ccccc1C. The van der Waals surface area contributed by atoms with Crippen molar-refractivity contribution in [2.75, 3.05) is 30.5 Å². The van der Waals surface area contributed by atoms with Crippen LogP contribution in [0.1, 0.15) is 71.1 Å². The van der Waals surface area contributed by atoms with Crippen LogP contribution in [0.2, 0.25) is 0 Å². The van der Waals surface area contributed by atoms with Gasteiger partial charge in [-0.3, -0.25) is 0 Å². The van der Waals surface area contributed by atoms with Crippen LogP contribution in [0.5, 0.6) is 0 Å². The highest BCUT2D eigenvalue weighted by Crippen LogP contribution is 2.16. The molecule has 52 heavy (non-hydrogen) atoms. The van der Waals surface area contributed by atoms with E-state index in [1.807, 2.05) is 65.9 Å². The smallest absolute Gasteiger partial charge is 0.0962 e. The molecule has 0 aromatic heterocycles. The van der Waals surface area contributed by atoms with Crippen LogP contribution in [0.3, 0.4) is 0 Å². The van der Waals surface area contributed by atoms with Gasteiger partial charge in [-0.05, 0) is 63.4 Å². The first kappa shape index (κ1) is 59.8. The van der Waals surface area contributed by atoms with Crippen LogP contribution in [-0.4, -0.2) is 31.3 Å². The van der Waals surface area contributed by atoms with E-state index in [0.29, 0.717) is 17.9 Å². The molecule has 0 spiro atoms. The van der Waals surface area contributed by atoms with Gasteiger partial charge < -0.3 is 16.0 Å². The number of nitriles is 1. The lowest BCUT2D eigenvalue weighted by atomic mass is 9.98. The van der Waals surface area contributed by atoms with Crippen LogP contribution in [0.25, 0.3) is 0 Å². The number of anilines is 1. The average molecular weight is 750 g/mol. The van der Waals surface area contributed by atoms with Crippen LogP contribution >= 0.6 is 24.2 Å². The van der Waals surface area contributed by atoms with Crippen molar-refractivity contribution in [2.45, 2.75) is 80.7 Å². The zero-order valence-corrected chi connectivity index (χ0v) is 35.9. The number of thiol groups is 1. The molecule has 0 amide bonds. The summed E-state index contributed by atoms with van der Waals surface area (Å²) in [4.78, 5) is 0. The third-order valence-corrected chi connectivity index (χ3v) is 7.49. The molecule has 0 radical (unpaired) electrons. The molecule has 0 heterocycles. The molecule has 2 atom stereocenters. The van der Waals surface area contributed by atoms with Gasteiger partial charge in [0.05, 0.1) is 12.1 Å². The van der Waals surface area contributed by atoms with E-state index in [1.165, 1.54) is 33.5 Å². The standard InChI is InChI=1S/C17H21ClN2.C11H19NS.C8H11N.2C2H6.2C2H4.C2H2/c1-12-6-5-7-16(8-12)9-17(14(3)11-19)20-15(4)13(2)10-18;1-4-6-10(3)11(9-13)7-8-12-5-2;1-7-5-3-4-6-8(7)9-2;5*1-2/h5-8,13,17,20H,3-4,9-10H2,1-2H3;4-5,12-13H,1-2,6-9H2,3H3;3-6,9H,1-2H3;2*1-2H3;2*1-2H2;1-2H/b;11-10+;;;;;;. The van der Waals surface area contributed by atoms with E-state index in [9.17, 15) is 0 Å². The number of aryl methyl sites for hydroxylation is 2. The molecule has 0 bridgehead atoms. The van der Waals surface area contributed by atoms with Crippen molar-refractivity contribution in [1.29, 1.82) is 5.26 Å². The lowest BCUT2D eigenvalue weighted by Crippen LogP contribution is -2.34. The third kappa shape index (κ3) is 32.9. The lowest BCUT2D eigenvalue weighted by molar-refractivity contribution is 0.585. The Morgan fingerprint density at radius 2 is 1.54 bits per heavy atom. The molecule has 0 aliphatic rings. The van der Waals surface area contributed by atoms with Crippen molar-refractivity contribution in [3.8, 4) is 18.9 Å². The molecule has 6 heteroatoms. The maximum absolute atomic E-state index is 9.10. The maximum atomic E-state index is 9.10. The lowest BCUT2D eigenvalue weighted by Gasteiger charge is -2.23. The second kappa shape index (κ2) is 46.7. The van der Waals surface area contributed by atoms with E-state index in [-0.39, 0.29) is 12.0 Å². The Morgan fingerprint density at radius 3 is 1.94 bits per heavy atom. The number of allylic oxidation sites excluding steroid dienone is 3. The van der Waals surface area contributed by atoms with Crippen molar-refractivity contribution >= 4 is 29.9 Å². The van der Waals surface area contributed by atoms with E-state index in [0.717, 1.165) is 30.8 Å². The van der Waals surface area contributed by atoms with Crippen molar-refractivity contribution in [3.63, 3.8) is 0 Å². The van der Waals surface area contributed by atoms with E-state index in [1.54, 1.807) is 6.20 Å². The minimum absolute atomic E-state index is 0.139. The second-order valence-electron chi connectivity index (χ2n) is 10.1. The number of halogens is 1. The quantitative estimate of drug-likeness (QED) is 0.0366. The Balaban J connectivity index is -0.000000143. The van der Waals surface area contributed by atoms with Crippen LogP contribution in [0.4, 0.5) is 5.69 Å². The van der Waals surface area contributed by atoms with Gasteiger partial charge in [0.15, 0.2) is 0 Å². The molecule has 4 nitrogen and oxygen atoms in total. The average Bonchev–Trinajstić information content (AvgIpc) is 3.20. The zero-order chi connectivity index (χ0) is 41.9. The fraction of sp³-hybridized carbons (Fsp3) is 0.370. The molecule has 0 fully saturated rings. The Labute approximate surface area is 333 Å². The molecule has 2 rings (SSSR count). The highest BCUT2D eigenvalue weighted by atomic mass is 35.5. The highest BCUT2D eigenvalue weighted by molar-refractivity contribution is 7.80. The van der Waals surface area contributed by atoms with Gasteiger partial charge in [0.25, 0.3) is 0 Å². The summed E-state index contributed by atoms with van der Waals surface area (Å²) in [5.41, 5.74) is 9.01. The molecule has 0 saturated carbocycles. The maximum Gasteiger partial charge on any atom is 0.0962 e. The van der Waals surface area contributed by atoms with E-state index < -0.39 is 0 Å². The van der Waals surface area contributed by atoms with Gasteiger partial charge in [0, 0.05) is 48.1 Å². The van der Waals surface area contributed by atoms with Crippen LogP contribution in [0, 0.1) is 43.9 Å².